The van der Waals surface area contributed by atoms with Crippen LogP contribution < -0.4 is 11.1 Å². The van der Waals surface area contributed by atoms with Crippen LogP contribution in [0.4, 0.5) is 0 Å². The van der Waals surface area contributed by atoms with Gasteiger partial charge in [-0.1, -0.05) is 31.9 Å². The van der Waals surface area contributed by atoms with Crippen LogP contribution in [-0.4, -0.2) is 29.1 Å². The van der Waals surface area contributed by atoms with Crippen LogP contribution in [0.15, 0.2) is 33.5 Å². The number of amides is 1. The van der Waals surface area contributed by atoms with E-state index in [-0.39, 0.29) is 31.5 Å². The maximum absolute atomic E-state index is 12.0. The number of hydrogen-bond donors (Lipinski definition) is 1. The van der Waals surface area contributed by atoms with Crippen molar-refractivity contribution in [2.75, 3.05) is 6.61 Å². The van der Waals surface area contributed by atoms with Gasteiger partial charge in [0.15, 0.2) is 12.2 Å². The van der Waals surface area contributed by atoms with Gasteiger partial charge in [-0.15, -0.1) is 0 Å². The first-order valence-electron chi connectivity index (χ1n) is 9.08. The summed E-state index contributed by atoms with van der Waals surface area (Å²) in [5, 5.41) is 2.94. The Morgan fingerprint density at radius 1 is 1.27 bits per heavy atom. The Labute approximate surface area is 151 Å². The van der Waals surface area contributed by atoms with E-state index in [2.05, 4.69) is 12.2 Å². The average Bonchev–Trinajstić information content (AvgIpc) is 2.95. The number of aromatic nitrogens is 1. The maximum Gasteiger partial charge on any atom is 0.419 e. The van der Waals surface area contributed by atoms with Crippen LogP contribution >= 0.6 is 0 Å². The highest BCUT2D eigenvalue weighted by atomic mass is 16.5. The molecule has 1 fully saturated rings. The minimum Gasteiger partial charge on any atom is -0.456 e. The third-order valence-electron chi connectivity index (χ3n) is 4.94. The van der Waals surface area contributed by atoms with Crippen LogP contribution in [0.3, 0.4) is 0 Å². The highest BCUT2D eigenvalue weighted by Crippen LogP contribution is 2.23. The van der Waals surface area contributed by atoms with Crippen molar-refractivity contribution >= 4 is 23.0 Å². The molecular weight excluding hydrogens is 336 g/mol. The van der Waals surface area contributed by atoms with E-state index in [0.717, 1.165) is 19.3 Å². The minimum atomic E-state index is -0.519. The van der Waals surface area contributed by atoms with E-state index in [1.165, 1.54) is 11.0 Å². The van der Waals surface area contributed by atoms with E-state index < -0.39 is 11.7 Å². The second-order valence-corrected chi connectivity index (χ2v) is 6.83. The third kappa shape index (κ3) is 4.33. The zero-order valence-corrected chi connectivity index (χ0v) is 14.9. The van der Waals surface area contributed by atoms with Crippen molar-refractivity contribution in [2.24, 2.45) is 5.92 Å². The van der Waals surface area contributed by atoms with Gasteiger partial charge in [-0.3, -0.25) is 14.2 Å². The quantitative estimate of drug-likeness (QED) is 0.798. The molecule has 0 aliphatic heterocycles. The Morgan fingerprint density at radius 3 is 2.85 bits per heavy atom. The van der Waals surface area contributed by atoms with Gasteiger partial charge in [0.25, 0.3) is 5.91 Å². The van der Waals surface area contributed by atoms with Crippen molar-refractivity contribution in [2.45, 2.75) is 51.6 Å². The second-order valence-electron chi connectivity index (χ2n) is 6.83. The summed E-state index contributed by atoms with van der Waals surface area (Å²) in [7, 11) is 0. The van der Waals surface area contributed by atoms with Gasteiger partial charge in [0.05, 0.1) is 11.9 Å². The monoisotopic (exact) mass is 360 g/mol. The number of nitrogens with zero attached hydrogens (tertiary/aromatic N) is 1. The van der Waals surface area contributed by atoms with Gasteiger partial charge >= 0.3 is 11.7 Å². The smallest absolute Gasteiger partial charge is 0.419 e. The SMILES string of the molecule is C[C@H]1CCCC[C@H]1NC(=O)COC(=O)CCn1c(=O)oc2ccccc21. The van der Waals surface area contributed by atoms with Crippen molar-refractivity contribution in [1.29, 1.82) is 0 Å². The number of carbonyl (C=O) groups is 2. The molecule has 1 aromatic carbocycles. The molecule has 7 nitrogen and oxygen atoms in total. The number of para-hydroxylation sites is 2. The summed E-state index contributed by atoms with van der Waals surface area (Å²) >= 11 is 0. The number of rotatable bonds is 6. The normalized spacial score (nSPS) is 20.0. The fourth-order valence-electron chi connectivity index (χ4n) is 3.43. The van der Waals surface area contributed by atoms with Crippen LogP contribution in [-0.2, 0) is 20.9 Å². The molecule has 0 unspecified atom stereocenters. The lowest BCUT2D eigenvalue weighted by Gasteiger charge is -2.29. The predicted molar refractivity (Wildman–Crippen MR) is 95.6 cm³/mol. The lowest BCUT2D eigenvalue weighted by Crippen LogP contribution is -2.42. The van der Waals surface area contributed by atoms with Gasteiger partial charge in [-0.25, -0.2) is 4.79 Å². The molecule has 0 radical (unpaired) electrons. The Hall–Kier alpha value is -2.57. The largest absolute Gasteiger partial charge is 0.456 e. The van der Waals surface area contributed by atoms with E-state index in [9.17, 15) is 14.4 Å². The summed E-state index contributed by atoms with van der Waals surface area (Å²) in [6.45, 7) is 1.99. The van der Waals surface area contributed by atoms with E-state index in [4.69, 9.17) is 9.15 Å². The molecule has 1 heterocycles. The van der Waals surface area contributed by atoms with E-state index >= 15 is 0 Å². The summed E-state index contributed by atoms with van der Waals surface area (Å²) in [5.41, 5.74) is 1.11. The van der Waals surface area contributed by atoms with Gasteiger partial charge in [-0.05, 0) is 30.9 Å². The number of esters is 1. The first-order chi connectivity index (χ1) is 12.5. The van der Waals surface area contributed by atoms with Gasteiger partial charge in [-0.2, -0.15) is 0 Å². The number of hydrogen-bond acceptors (Lipinski definition) is 5. The lowest BCUT2D eigenvalue weighted by atomic mass is 9.86. The Balaban J connectivity index is 1.46. The van der Waals surface area contributed by atoms with Crippen LogP contribution in [0.25, 0.3) is 11.1 Å². The Bertz CT molecular complexity index is 838. The van der Waals surface area contributed by atoms with Crippen molar-refractivity contribution in [1.82, 2.24) is 9.88 Å². The van der Waals surface area contributed by atoms with E-state index in [1.807, 2.05) is 0 Å². The molecule has 0 saturated heterocycles. The van der Waals surface area contributed by atoms with Gasteiger partial charge in [0, 0.05) is 12.6 Å². The topological polar surface area (TPSA) is 90.5 Å². The van der Waals surface area contributed by atoms with Crippen LogP contribution in [0.2, 0.25) is 0 Å². The van der Waals surface area contributed by atoms with Gasteiger partial charge < -0.3 is 14.5 Å². The third-order valence-corrected chi connectivity index (χ3v) is 4.94. The van der Waals surface area contributed by atoms with Crippen molar-refractivity contribution < 1.29 is 18.7 Å². The molecule has 26 heavy (non-hydrogen) atoms. The molecule has 0 bridgehead atoms. The van der Waals surface area contributed by atoms with Gasteiger partial charge in [0.1, 0.15) is 0 Å². The summed E-state index contributed by atoms with van der Waals surface area (Å²) in [6.07, 6.45) is 4.39. The lowest BCUT2D eigenvalue weighted by molar-refractivity contribution is -0.149. The fourth-order valence-corrected chi connectivity index (χ4v) is 3.43. The Kier molecular flexibility index (Phi) is 5.75. The average molecular weight is 360 g/mol. The van der Waals surface area contributed by atoms with Crippen molar-refractivity contribution in [3.05, 3.63) is 34.8 Å². The summed E-state index contributed by atoms with van der Waals surface area (Å²) < 4.78 is 11.5. The molecule has 1 aliphatic rings. The Morgan fingerprint density at radius 2 is 2.04 bits per heavy atom. The molecule has 1 saturated carbocycles. The minimum absolute atomic E-state index is 0.00343. The van der Waals surface area contributed by atoms with E-state index in [1.54, 1.807) is 24.3 Å². The van der Waals surface area contributed by atoms with E-state index in [0.29, 0.717) is 17.0 Å². The molecule has 1 N–H and O–H groups in total. The number of carbonyl (C=O) groups excluding carboxylic acids is 2. The van der Waals surface area contributed by atoms with Gasteiger partial charge in [0.2, 0.25) is 0 Å². The molecule has 140 valence electrons. The molecule has 7 heteroatoms. The first kappa shape index (κ1) is 18.2. The number of nitrogens with one attached hydrogen (secondary N) is 1. The molecule has 1 amide bonds. The highest BCUT2D eigenvalue weighted by Gasteiger charge is 2.23. The number of ether oxygens (including phenoxy) is 1. The molecule has 1 aliphatic carbocycles. The standard InChI is InChI=1S/C19H24N2O5/c1-13-6-2-3-7-14(13)20-17(22)12-25-18(23)10-11-21-15-8-4-5-9-16(15)26-19(21)24/h4-5,8-9,13-14H,2-3,6-7,10-12H2,1H3,(H,20,22)/t13-,14+/m0/s1. The van der Waals surface area contributed by atoms with Crippen LogP contribution in [0.5, 0.6) is 0 Å². The van der Waals surface area contributed by atoms with Crippen LogP contribution in [0.1, 0.15) is 39.0 Å². The summed E-state index contributed by atoms with van der Waals surface area (Å²) in [6, 6.07) is 7.18. The first-order valence-corrected chi connectivity index (χ1v) is 9.08. The van der Waals surface area contributed by atoms with Crippen LogP contribution in [0, 0.1) is 5.92 Å². The molecule has 0 spiro atoms. The molecular formula is C19H24N2O5. The zero-order valence-electron chi connectivity index (χ0n) is 14.9. The number of fused-ring (bicyclic) bond motifs is 1. The maximum atomic E-state index is 12.0. The number of benzene rings is 1. The summed E-state index contributed by atoms with van der Waals surface area (Å²) in [4.78, 5) is 35.7. The molecule has 3 rings (SSSR count). The number of oxazole rings is 1. The van der Waals surface area contributed by atoms with Crippen molar-refractivity contribution in [3.63, 3.8) is 0 Å². The zero-order chi connectivity index (χ0) is 18.5. The molecule has 2 aromatic rings. The summed E-state index contributed by atoms with van der Waals surface area (Å²) in [5.74, 6) is -0.857. The van der Waals surface area contributed by atoms with Crippen molar-refractivity contribution in [3.8, 4) is 0 Å². The molecule has 1 aromatic heterocycles. The predicted octanol–water partition coefficient (Wildman–Crippen LogP) is 2.22. The fraction of sp³-hybridized carbons (Fsp3) is 0.526. The second kappa shape index (κ2) is 8.21. The number of aryl methyl sites for hydroxylation is 1. The molecule has 2 atom stereocenters. The highest BCUT2D eigenvalue weighted by molar-refractivity contribution is 5.80.